The van der Waals surface area contributed by atoms with Crippen molar-refractivity contribution in [3.8, 4) is 0 Å². The molecule has 1 unspecified atom stereocenters. The minimum Gasteiger partial charge on any atom is -0.368 e. The Bertz CT molecular complexity index is 482. The predicted molar refractivity (Wildman–Crippen MR) is 84.6 cm³/mol. The summed E-state index contributed by atoms with van der Waals surface area (Å²) < 4.78 is 5.83. The van der Waals surface area contributed by atoms with Gasteiger partial charge < -0.3 is 15.0 Å². The van der Waals surface area contributed by atoms with Crippen LogP contribution in [0, 0.1) is 0 Å². The van der Waals surface area contributed by atoms with Gasteiger partial charge in [-0.05, 0) is 55.8 Å². The van der Waals surface area contributed by atoms with Crippen LogP contribution in [-0.4, -0.2) is 43.2 Å². The standard InChI is InChI=1S/C16H24N2O2S/c1-2-14-13-6-10-21-15(13)5-9-18(14)16(19)11-20-12-3-7-17-8-4-12/h6,10,12,14,17H,2-5,7-9,11H2,1H3. The summed E-state index contributed by atoms with van der Waals surface area (Å²) >= 11 is 1.82. The van der Waals surface area contributed by atoms with Crippen LogP contribution in [-0.2, 0) is 16.0 Å². The normalized spacial score (nSPS) is 23.1. The molecule has 21 heavy (non-hydrogen) atoms. The number of thiophene rings is 1. The van der Waals surface area contributed by atoms with Crippen molar-refractivity contribution in [1.29, 1.82) is 0 Å². The predicted octanol–water partition coefficient (Wildman–Crippen LogP) is 2.35. The summed E-state index contributed by atoms with van der Waals surface area (Å²) in [6.07, 6.45) is 4.24. The van der Waals surface area contributed by atoms with Gasteiger partial charge in [-0.25, -0.2) is 0 Å². The number of carbonyl (C=O) groups is 1. The van der Waals surface area contributed by atoms with Gasteiger partial charge >= 0.3 is 0 Å². The van der Waals surface area contributed by atoms with Gasteiger partial charge in [0.15, 0.2) is 0 Å². The summed E-state index contributed by atoms with van der Waals surface area (Å²) in [7, 11) is 0. The highest BCUT2D eigenvalue weighted by Gasteiger charge is 2.30. The lowest BCUT2D eigenvalue weighted by Crippen LogP contribution is -2.42. The molecule has 1 aromatic rings. The first-order chi connectivity index (χ1) is 10.3. The topological polar surface area (TPSA) is 41.6 Å². The monoisotopic (exact) mass is 308 g/mol. The summed E-state index contributed by atoms with van der Waals surface area (Å²) in [5.41, 5.74) is 1.35. The number of piperidine rings is 1. The van der Waals surface area contributed by atoms with E-state index in [1.54, 1.807) is 0 Å². The molecule has 1 amide bonds. The van der Waals surface area contributed by atoms with Gasteiger partial charge in [-0.2, -0.15) is 0 Å². The first-order valence-electron chi connectivity index (χ1n) is 7.97. The molecule has 1 atom stereocenters. The molecule has 116 valence electrons. The highest BCUT2D eigenvalue weighted by atomic mass is 32.1. The third-order valence-electron chi connectivity index (χ3n) is 4.53. The van der Waals surface area contributed by atoms with E-state index in [4.69, 9.17) is 4.74 Å². The van der Waals surface area contributed by atoms with Gasteiger partial charge in [-0.1, -0.05) is 6.92 Å². The number of hydrogen-bond donors (Lipinski definition) is 1. The summed E-state index contributed by atoms with van der Waals surface area (Å²) in [6.45, 7) is 5.23. The van der Waals surface area contributed by atoms with Crippen molar-refractivity contribution < 1.29 is 9.53 Å². The Morgan fingerprint density at radius 2 is 2.29 bits per heavy atom. The minimum atomic E-state index is 0.150. The van der Waals surface area contributed by atoms with Gasteiger partial charge in [0.1, 0.15) is 6.61 Å². The number of ether oxygens (including phenoxy) is 1. The number of nitrogens with one attached hydrogen (secondary N) is 1. The second kappa shape index (κ2) is 6.90. The molecule has 0 aromatic carbocycles. The summed E-state index contributed by atoms with van der Waals surface area (Å²) in [4.78, 5) is 16.0. The van der Waals surface area contributed by atoms with Crippen LogP contribution in [0.2, 0.25) is 0 Å². The lowest BCUT2D eigenvalue weighted by atomic mass is 9.98. The lowest BCUT2D eigenvalue weighted by molar-refractivity contribution is -0.141. The molecule has 3 rings (SSSR count). The first kappa shape index (κ1) is 15.0. The van der Waals surface area contributed by atoms with Crippen molar-refractivity contribution in [1.82, 2.24) is 10.2 Å². The van der Waals surface area contributed by atoms with Gasteiger partial charge in [-0.15, -0.1) is 11.3 Å². The quantitative estimate of drug-likeness (QED) is 0.928. The van der Waals surface area contributed by atoms with Gasteiger partial charge in [0.05, 0.1) is 12.1 Å². The fraction of sp³-hybridized carbons (Fsp3) is 0.688. The smallest absolute Gasteiger partial charge is 0.249 e. The fourth-order valence-electron chi connectivity index (χ4n) is 3.37. The maximum Gasteiger partial charge on any atom is 0.249 e. The van der Waals surface area contributed by atoms with E-state index < -0.39 is 0 Å². The van der Waals surface area contributed by atoms with Crippen molar-refractivity contribution in [2.24, 2.45) is 0 Å². The minimum absolute atomic E-state index is 0.150. The summed E-state index contributed by atoms with van der Waals surface area (Å²) in [5, 5.41) is 5.46. The van der Waals surface area contributed by atoms with Crippen molar-refractivity contribution in [3.05, 3.63) is 21.9 Å². The first-order valence-corrected chi connectivity index (χ1v) is 8.85. The molecule has 0 bridgehead atoms. The molecular formula is C16H24N2O2S. The molecule has 0 spiro atoms. The van der Waals surface area contributed by atoms with Crippen LogP contribution in [0.15, 0.2) is 11.4 Å². The molecule has 1 N–H and O–H groups in total. The second-order valence-electron chi connectivity index (χ2n) is 5.82. The van der Waals surface area contributed by atoms with Crippen molar-refractivity contribution >= 4 is 17.2 Å². The van der Waals surface area contributed by atoms with E-state index in [0.29, 0.717) is 0 Å². The molecule has 5 heteroatoms. The van der Waals surface area contributed by atoms with E-state index in [0.717, 1.165) is 45.3 Å². The molecule has 1 fully saturated rings. The third kappa shape index (κ3) is 3.30. The van der Waals surface area contributed by atoms with E-state index in [2.05, 4.69) is 23.7 Å². The Labute approximate surface area is 130 Å². The second-order valence-corrected chi connectivity index (χ2v) is 6.82. The van der Waals surface area contributed by atoms with Crippen LogP contribution in [0.5, 0.6) is 0 Å². The summed E-state index contributed by atoms with van der Waals surface area (Å²) in [6, 6.07) is 2.42. The zero-order chi connectivity index (χ0) is 14.7. The van der Waals surface area contributed by atoms with Crippen molar-refractivity contribution in [2.75, 3.05) is 26.2 Å². The molecule has 2 aliphatic heterocycles. The summed E-state index contributed by atoms with van der Waals surface area (Å²) in [5.74, 6) is 0.150. The maximum atomic E-state index is 12.5. The number of rotatable bonds is 4. The van der Waals surface area contributed by atoms with Gasteiger partial charge in [0, 0.05) is 11.4 Å². The molecule has 1 saturated heterocycles. The van der Waals surface area contributed by atoms with Crippen LogP contribution in [0.1, 0.15) is 42.7 Å². The largest absolute Gasteiger partial charge is 0.368 e. The van der Waals surface area contributed by atoms with Gasteiger partial charge in [-0.3, -0.25) is 4.79 Å². The Hall–Kier alpha value is -0.910. The van der Waals surface area contributed by atoms with Crippen LogP contribution in [0.3, 0.4) is 0 Å². The highest BCUT2D eigenvalue weighted by Crippen LogP contribution is 2.35. The van der Waals surface area contributed by atoms with Crippen LogP contribution in [0.4, 0.5) is 0 Å². The number of carbonyl (C=O) groups excluding carboxylic acids is 1. The van der Waals surface area contributed by atoms with Crippen molar-refractivity contribution in [2.45, 2.75) is 44.8 Å². The highest BCUT2D eigenvalue weighted by molar-refractivity contribution is 7.10. The van der Waals surface area contributed by atoms with E-state index >= 15 is 0 Å². The Morgan fingerprint density at radius 1 is 1.48 bits per heavy atom. The average Bonchev–Trinajstić information content (AvgIpc) is 3.01. The molecular weight excluding hydrogens is 284 g/mol. The van der Waals surface area contributed by atoms with E-state index in [1.165, 1.54) is 10.4 Å². The van der Waals surface area contributed by atoms with Crippen LogP contribution >= 0.6 is 11.3 Å². The van der Waals surface area contributed by atoms with E-state index in [-0.39, 0.29) is 24.7 Å². The maximum absolute atomic E-state index is 12.5. The Balaban J connectivity index is 1.59. The number of amides is 1. The van der Waals surface area contributed by atoms with Crippen LogP contribution < -0.4 is 5.32 Å². The number of hydrogen-bond acceptors (Lipinski definition) is 4. The third-order valence-corrected chi connectivity index (χ3v) is 5.53. The van der Waals surface area contributed by atoms with E-state index in [1.807, 2.05) is 16.2 Å². The SMILES string of the molecule is CCC1c2ccsc2CCN1C(=O)COC1CCNCC1. The fourth-order valence-corrected chi connectivity index (χ4v) is 4.30. The van der Waals surface area contributed by atoms with Crippen LogP contribution in [0.25, 0.3) is 0 Å². The molecule has 1 aromatic heterocycles. The zero-order valence-corrected chi connectivity index (χ0v) is 13.5. The Kier molecular flexibility index (Phi) is 4.93. The van der Waals surface area contributed by atoms with E-state index in [9.17, 15) is 4.79 Å². The molecule has 4 nitrogen and oxygen atoms in total. The molecule has 0 saturated carbocycles. The van der Waals surface area contributed by atoms with Crippen molar-refractivity contribution in [3.63, 3.8) is 0 Å². The number of nitrogens with zero attached hydrogens (tertiary/aromatic N) is 1. The molecule has 0 radical (unpaired) electrons. The molecule has 0 aliphatic carbocycles. The zero-order valence-electron chi connectivity index (χ0n) is 12.6. The molecule has 3 heterocycles. The van der Waals surface area contributed by atoms with Gasteiger partial charge in [0.2, 0.25) is 5.91 Å². The average molecular weight is 308 g/mol. The lowest BCUT2D eigenvalue weighted by Gasteiger charge is -2.36. The number of fused-ring (bicyclic) bond motifs is 1. The van der Waals surface area contributed by atoms with Gasteiger partial charge in [0.25, 0.3) is 0 Å². The Morgan fingerprint density at radius 3 is 3.05 bits per heavy atom. The molecule has 2 aliphatic rings.